The van der Waals surface area contributed by atoms with E-state index in [9.17, 15) is 0 Å². The van der Waals surface area contributed by atoms with Crippen molar-refractivity contribution in [3.63, 3.8) is 0 Å². The summed E-state index contributed by atoms with van der Waals surface area (Å²) in [5.41, 5.74) is 0. The lowest BCUT2D eigenvalue weighted by Crippen LogP contribution is -2.32. The molecule has 2 heterocycles. The van der Waals surface area contributed by atoms with Gasteiger partial charge in [0.1, 0.15) is 0 Å². The number of nitrogens with zero attached hydrogens (tertiary/aromatic N) is 5. The van der Waals surface area contributed by atoms with Gasteiger partial charge in [0.05, 0.1) is 0 Å². The number of hydrogen-bond donors (Lipinski definition) is 0. The summed E-state index contributed by atoms with van der Waals surface area (Å²) in [6, 6.07) is 0. The van der Waals surface area contributed by atoms with E-state index in [1.54, 1.807) is 0 Å². The van der Waals surface area contributed by atoms with E-state index in [0.29, 0.717) is 11.2 Å². The average molecular weight is 284 g/mol. The molecule has 1 fully saturated rings. The van der Waals surface area contributed by atoms with Gasteiger partial charge in [0.15, 0.2) is 0 Å². The first-order valence-electron chi connectivity index (χ1n) is 7.16. The Morgan fingerprint density at radius 2 is 1.84 bits per heavy atom. The van der Waals surface area contributed by atoms with Gasteiger partial charge in [-0.05, 0) is 44.2 Å². The summed E-state index contributed by atoms with van der Waals surface area (Å²) in [5, 5.41) is 0.292. The predicted octanol–water partition coefficient (Wildman–Crippen LogP) is 2.75. The minimum Gasteiger partial charge on any atom is -0.341 e. The second kappa shape index (κ2) is 6.89. The van der Waals surface area contributed by atoms with Crippen molar-refractivity contribution in [2.75, 3.05) is 36.0 Å². The van der Waals surface area contributed by atoms with Crippen molar-refractivity contribution in [3.05, 3.63) is 5.28 Å². The van der Waals surface area contributed by atoms with E-state index < -0.39 is 0 Å². The molecule has 1 saturated heterocycles. The topological polar surface area (TPSA) is 45.2 Å². The standard InChI is InChI=1S/C13H22ClN5/c1-3-8-18(4-2)12-15-11(14)16-13(17-12)19-9-6-5-7-10-19/h3-10H2,1-2H3. The van der Waals surface area contributed by atoms with Crippen LogP contribution in [0.5, 0.6) is 0 Å². The van der Waals surface area contributed by atoms with Gasteiger partial charge in [-0.25, -0.2) is 0 Å². The SMILES string of the molecule is CCCN(CC)c1nc(Cl)nc(N2CCCCC2)n1. The molecule has 6 heteroatoms. The van der Waals surface area contributed by atoms with Gasteiger partial charge in [-0.2, -0.15) is 15.0 Å². The monoisotopic (exact) mass is 283 g/mol. The smallest absolute Gasteiger partial charge is 0.231 e. The van der Waals surface area contributed by atoms with Gasteiger partial charge in [0.2, 0.25) is 17.2 Å². The average Bonchev–Trinajstić information content (AvgIpc) is 2.45. The molecule has 0 bridgehead atoms. The van der Waals surface area contributed by atoms with Crippen LogP contribution in [0, 0.1) is 0 Å². The van der Waals surface area contributed by atoms with Crippen LogP contribution < -0.4 is 9.80 Å². The van der Waals surface area contributed by atoms with Gasteiger partial charge in [-0.3, -0.25) is 0 Å². The molecular formula is C13H22ClN5. The molecule has 0 atom stereocenters. The summed E-state index contributed by atoms with van der Waals surface area (Å²) in [4.78, 5) is 17.5. The maximum atomic E-state index is 6.05. The number of halogens is 1. The summed E-state index contributed by atoms with van der Waals surface area (Å²) < 4.78 is 0. The van der Waals surface area contributed by atoms with Crippen molar-refractivity contribution in [1.29, 1.82) is 0 Å². The minimum absolute atomic E-state index is 0.292. The molecule has 0 saturated carbocycles. The Bertz CT molecular complexity index is 383. The van der Waals surface area contributed by atoms with E-state index in [1.807, 2.05) is 0 Å². The van der Waals surface area contributed by atoms with Gasteiger partial charge in [-0.1, -0.05) is 6.92 Å². The summed E-state index contributed by atoms with van der Waals surface area (Å²) >= 11 is 6.05. The van der Waals surface area contributed by atoms with Gasteiger partial charge in [-0.15, -0.1) is 0 Å². The fourth-order valence-corrected chi connectivity index (χ4v) is 2.53. The highest BCUT2D eigenvalue weighted by Gasteiger charge is 2.17. The highest BCUT2D eigenvalue weighted by molar-refractivity contribution is 6.28. The number of hydrogen-bond acceptors (Lipinski definition) is 5. The largest absolute Gasteiger partial charge is 0.341 e. The maximum absolute atomic E-state index is 6.05. The summed E-state index contributed by atoms with van der Waals surface area (Å²) in [6.07, 6.45) is 4.76. The highest BCUT2D eigenvalue weighted by Crippen LogP contribution is 2.20. The third-order valence-electron chi connectivity index (χ3n) is 3.38. The zero-order valence-electron chi connectivity index (χ0n) is 11.8. The lowest BCUT2D eigenvalue weighted by atomic mass is 10.1. The predicted molar refractivity (Wildman–Crippen MR) is 79.1 cm³/mol. The molecule has 0 aromatic carbocycles. The Morgan fingerprint density at radius 1 is 1.11 bits per heavy atom. The van der Waals surface area contributed by atoms with Gasteiger partial charge < -0.3 is 9.80 Å². The van der Waals surface area contributed by atoms with Gasteiger partial charge >= 0.3 is 0 Å². The van der Waals surface area contributed by atoms with Crippen molar-refractivity contribution >= 4 is 23.5 Å². The first-order chi connectivity index (χ1) is 9.24. The van der Waals surface area contributed by atoms with Crippen LogP contribution in [-0.4, -0.2) is 41.1 Å². The van der Waals surface area contributed by atoms with Crippen molar-refractivity contribution in [2.24, 2.45) is 0 Å². The molecule has 1 aliphatic heterocycles. The van der Waals surface area contributed by atoms with Crippen molar-refractivity contribution < 1.29 is 0 Å². The first kappa shape index (κ1) is 14.3. The first-order valence-corrected chi connectivity index (χ1v) is 7.53. The summed E-state index contributed by atoms with van der Waals surface area (Å²) in [7, 11) is 0. The summed E-state index contributed by atoms with van der Waals surface area (Å²) in [6.45, 7) is 8.11. The molecule has 0 unspecified atom stereocenters. The van der Waals surface area contributed by atoms with Crippen LogP contribution in [0.25, 0.3) is 0 Å². The van der Waals surface area contributed by atoms with E-state index in [2.05, 4.69) is 38.6 Å². The van der Waals surface area contributed by atoms with Crippen molar-refractivity contribution in [1.82, 2.24) is 15.0 Å². The Labute approximate surface area is 120 Å². The van der Waals surface area contributed by atoms with Gasteiger partial charge in [0.25, 0.3) is 0 Å². The summed E-state index contributed by atoms with van der Waals surface area (Å²) in [5.74, 6) is 1.43. The molecule has 1 aromatic heterocycles. The third kappa shape index (κ3) is 3.69. The Balaban J connectivity index is 2.22. The second-order valence-corrected chi connectivity index (χ2v) is 5.17. The number of rotatable bonds is 5. The molecule has 0 N–H and O–H groups in total. The number of piperidine rings is 1. The molecule has 1 aliphatic rings. The second-order valence-electron chi connectivity index (χ2n) is 4.83. The fourth-order valence-electron chi connectivity index (χ4n) is 2.38. The molecule has 5 nitrogen and oxygen atoms in total. The lowest BCUT2D eigenvalue weighted by Gasteiger charge is -2.28. The van der Waals surface area contributed by atoms with E-state index in [0.717, 1.165) is 38.5 Å². The van der Waals surface area contributed by atoms with E-state index in [-0.39, 0.29) is 0 Å². The lowest BCUT2D eigenvalue weighted by molar-refractivity contribution is 0.566. The fraction of sp³-hybridized carbons (Fsp3) is 0.769. The maximum Gasteiger partial charge on any atom is 0.231 e. The molecule has 106 valence electrons. The zero-order valence-corrected chi connectivity index (χ0v) is 12.5. The van der Waals surface area contributed by atoms with Crippen LogP contribution in [0.3, 0.4) is 0 Å². The molecule has 1 aromatic rings. The Kier molecular flexibility index (Phi) is 5.19. The third-order valence-corrected chi connectivity index (χ3v) is 3.55. The zero-order chi connectivity index (χ0) is 13.7. The number of anilines is 2. The van der Waals surface area contributed by atoms with Crippen molar-refractivity contribution in [2.45, 2.75) is 39.5 Å². The van der Waals surface area contributed by atoms with Crippen LogP contribution in [0.4, 0.5) is 11.9 Å². The van der Waals surface area contributed by atoms with Crippen LogP contribution >= 0.6 is 11.6 Å². The van der Waals surface area contributed by atoms with E-state index in [4.69, 9.17) is 11.6 Å². The molecule has 0 aliphatic carbocycles. The van der Waals surface area contributed by atoms with Crippen LogP contribution in [0.1, 0.15) is 39.5 Å². The van der Waals surface area contributed by atoms with Crippen molar-refractivity contribution in [3.8, 4) is 0 Å². The molecule has 2 rings (SSSR count). The highest BCUT2D eigenvalue weighted by atomic mass is 35.5. The van der Waals surface area contributed by atoms with Crippen LogP contribution in [-0.2, 0) is 0 Å². The van der Waals surface area contributed by atoms with E-state index in [1.165, 1.54) is 19.3 Å². The quantitative estimate of drug-likeness (QED) is 0.831. The molecule has 0 spiro atoms. The molecule has 0 radical (unpaired) electrons. The van der Waals surface area contributed by atoms with Crippen LogP contribution in [0.2, 0.25) is 5.28 Å². The van der Waals surface area contributed by atoms with Gasteiger partial charge in [0, 0.05) is 26.2 Å². The minimum atomic E-state index is 0.292. The number of aromatic nitrogens is 3. The Morgan fingerprint density at radius 3 is 2.47 bits per heavy atom. The molecule has 19 heavy (non-hydrogen) atoms. The van der Waals surface area contributed by atoms with Crippen LogP contribution in [0.15, 0.2) is 0 Å². The van der Waals surface area contributed by atoms with E-state index >= 15 is 0 Å². The molecular weight excluding hydrogens is 262 g/mol. The normalized spacial score (nSPS) is 15.6. The Hall–Kier alpha value is -1.10. The molecule has 0 amide bonds.